The van der Waals surface area contributed by atoms with Crippen LogP contribution in [-0.2, 0) is 16.0 Å². The second kappa shape index (κ2) is 8.27. The van der Waals surface area contributed by atoms with Gasteiger partial charge in [-0.1, -0.05) is 11.6 Å². The number of ether oxygens (including phenoxy) is 1. The molecule has 2 aromatic rings. The number of hydrogen-bond donors (Lipinski definition) is 1. The number of halogens is 1. The molecule has 140 valence electrons. The minimum Gasteiger partial charge on any atom is -0.444 e. The molecule has 0 aliphatic carbocycles. The van der Waals surface area contributed by atoms with E-state index in [2.05, 4.69) is 20.8 Å². The Morgan fingerprint density at radius 1 is 1.35 bits per heavy atom. The van der Waals surface area contributed by atoms with Crippen molar-refractivity contribution in [3.8, 4) is 5.69 Å². The lowest BCUT2D eigenvalue weighted by Gasteiger charge is -2.21. The number of alkyl carbamates (subject to hydrolysis) is 1. The van der Waals surface area contributed by atoms with Crippen LogP contribution in [-0.4, -0.2) is 43.7 Å². The first-order valence-corrected chi connectivity index (χ1v) is 8.57. The van der Waals surface area contributed by atoms with E-state index >= 15 is 0 Å². The highest BCUT2D eigenvalue weighted by molar-refractivity contribution is 6.30. The summed E-state index contributed by atoms with van der Waals surface area (Å²) in [4.78, 5) is 24.1. The fourth-order valence-electron chi connectivity index (χ4n) is 2.29. The molecule has 0 aliphatic heterocycles. The van der Waals surface area contributed by atoms with Gasteiger partial charge in [-0.2, -0.15) is 0 Å². The Hall–Kier alpha value is -2.48. The standard InChI is InChI=1S/C17H22ClN5O3/c1-11(20-16(25)26-17(2,3)4)15(24)8-5-12-9-13(18)6-7-14(12)23-10-19-21-22-23/h6-7,9-11H,5,8H2,1-4H3,(H,20,25)/t11-/m0/s1. The van der Waals surface area contributed by atoms with Gasteiger partial charge in [-0.15, -0.1) is 5.10 Å². The van der Waals surface area contributed by atoms with Gasteiger partial charge in [0.1, 0.15) is 11.9 Å². The van der Waals surface area contributed by atoms with Crippen LogP contribution in [0.5, 0.6) is 0 Å². The topological polar surface area (TPSA) is 99.0 Å². The number of hydrogen-bond acceptors (Lipinski definition) is 6. The van der Waals surface area contributed by atoms with E-state index in [0.29, 0.717) is 11.4 Å². The Balaban J connectivity index is 1.99. The minimum atomic E-state index is -0.652. The normalized spacial score (nSPS) is 12.5. The van der Waals surface area contributed by atoms with Crippen molar-refractivity contribution in [3.05, 3.63) is 35.1 Å². The molecule has 9 heteroatoms. The average Bonchev–Trinajstić information content (AvgIpc) is 3.04. The quantitative estimate of drug-likeness (QED) is 0.828. The van der Waals surface area contributed by atoms with Crippen molar-refractivity contribution < 1.29 is 14.3 Å². The van der Waals surface area contributed by atoms with Crippen LogP contribution in [0.3, 0.4) is 0 Å². The number of aryl methyl sites for hydroxylation is 1. The molecule has 26 heavy (non-hydrogen) atoms. The molecule has 1 amide bonds. The average molecular weight is 380 g/mol. The summed E-state index contributed by atoms with van der Waals surface area (Å²) in [7, 11) is 0. The van der Waals surface area contributed by atoms with Crippen molar-refractivity contribution in [3.63, 3.8) is 0 Å². The molecule has 8 nitrogen and oxygen atoms in total. The van der Waals surface area contributed by atoms with Crippen LogP contribution in [0, 0.1) is 0 Å². The van der Waals surface area contributed by atoms with Gasteiger partial charge in [0.05, 0.1) is 11.7 Å². The SMILES string of the molecule is C[C@H](NC(=O)OC(C)(C)C)C(=O)CCc1cc(Cl)ccc1-n1cnnn1. The largest absolute Gasteiger partial charge is 0.444 e. The molecular weight excluding hydrogens is 358 g/mol. The summed E-state index contributed by atoms with van der Waals surface area (Å²) in [6, 6.07) is 4.65. The molecule has 0 bridgehead atoms. The molecular formula is C17H22ClN5O3. The van der Waals surface area contributed by atoms with Crippen LogP contribution in [0.15, 0.2) is 24.5 Å². The van der Waals surface area contributed by atoms with Gasteiger partial charge in [-0.25, -0.2) is 9.48 Å². The van der Waals surface area contributed by atoms with Crippen molar-refractivity contribution in [2.24, 2.45) is 0 Å². The molecule has 1 heterocycles. The van der Waals surface area contributed by atoms with E-state index in [4.69, 9.17) is 16.3 Å². The lowest BCUT2D eigenvalue weighted by Crippen LogP contribution is -2.41. The maximum atomic E-state index is 12.3. The summed E-state index contributed by atoms with van der Waals surface area (Å²) in [5.41, 5.74) is 0.969. The Kier molecular flexibility index (Phi) is 6.31. The summed E-state index contributed by atoms with van der Waals surface area (Å²) in [5.74, 6) is -0.112. The first kappa shape index (κ1) is 19.8. The number of rotatable bonds is 6. The van der Waals surface area contributed by atoms with Crippen molar-refractivity contribution in [2.45, 2.75) is 52.2 Å². The molecule has 0 saturated heterocycles. The first-order chi connectivity index (χ1) is 12.2. The maximum Gasteiger partial charge on any atom is 0.408 e. The van der Waals surface area contributed by atoms with Crippen molar-refractivity contribution in [2.75, 3.05) is 0 Å². The molecule has 2 rings (SSSR count). The predicted octanol–water partition coefficient (Wildman–Crippen LogP) is 2.73. The Bertz CT molecular complexity index is 771. The Morgan fingerprint density at radius 3 is 2.69 bits per heavy atom. The fraction of sp³-hybridized carbons (Fsp3) is 0.471. The van der Waals surface area contributed by atoms with E-state index in [9.17, 15) is 9.59 Å². The number of benzene rings is 1. The van der Waals surface area contributed by atoms with E-state index in [1.807, 2.05) is 0 Å². The first-order valence-electron chi connectivity index (χ1n) is 8.20. The third kappa shape index (κ3) is 5.80. The monoisotopic (exact) mass is 379 g/mol. The summed E-state index contributed by atoms with van der Waals surface area (Å²) < 4.78 is 6.67. The van der Waals surface area contributed by atoms with Gasteiger partial charge in [-0.05, 0) is 68.3 Å². The molecule has 0 radical (unpaired) electrons. The fourth-order valence-corrected chi connectivity index (χ4v) is 2.48. The van der Waals surface area contributed by atoms with Crippen LogP contribution in [0.4, 0.5) is 4.79 Å². The zero-order chi connectivity index (χ0) is 19.3. The smallest absolute Gasteiger partial charge is 0.408 e. The van der Waals surface area contributed by atoms with Crippen LogP contribution in [0.1, 0.15) is 39.7 Å². The molecule has 0 aliphatic rings. The van der Waals surface area contributed by atoms with E-state index in [-0.39, 0.29) is 12.2 Å². The third-order valence-corrected chi connectivity index (χ3v) is 3.73. The summed E-state index contributed by atoms with van der Waals surface area (Å²) in [5, 5.41) is 14.2. The number of ketones is 1. The molecule has 0 saturated carbocycles. The van der Waals surface area contributed by atoms with Crippen LogP contribution < -0.4 is 5.32 Å². The van der Waals surface area contributed by atoms with E-state index < -0.39 is 17.7 Å². The third-order valence-electron chi connectivity index (χ3n) is 3.49. The highest BCUT2D eigenvalue weighted by Crippen LogP contribution is 2.20. The van der Waals surface area contributed by atoms with Gasteiger partial charge in [0.15, 0.2) is 5.78 Å². The number of tetrazole rings is 1. The van der Waals surface area contributed by atoms with Gasteiger partial charge < -0.3 is 10.1 Å². The van der Waals surface area contributed by atoms with Gasteiger partial charge in [-0.3, -0.25) is 4.79 Å². The van der Waals surface area contributed by atoms with Crippen LogP contribution >= 0.6 is 11.6 Å². The van der Waals surface area contributed by atoms with Crippen molar-refractivity contribution in [1.82, 2.24) is 25.5 Å². The van der Waals surface area contributed by atoms with E-state index in [1.165, 1.54) is 11.0 Å². The summed E-state index contributed by atoms with van der Waals surface area (Å²) >= 11 is 6.07. The maximum absolute atomic E-state index is 12.3. The van der Waals surface area contributed by atoms with Gasteiger partial charge in [0, 0.05) is 11.4 Å². The number of aromatic nitrogens is 4. The Labute approximate surface area is 156 Å². The van der Waals surface area contributed by atoms with Gasteiger partial charge >= 0.3 is 6.09 Å². The number of nitrogens with one attached hydrogen (secondary N) is 1. The van der Waals surface area contributed by atoms with E-state index in [1.54, 1.807) is 45.9 Å². The van der Waals surface area contributed by atoms with Gasteiger partial charge in [0.2, 0.25) is 0 Å². The summed E-state index contributed by atoms with van der Waals surface area (Å²) in [6.45, 7) is 6.92. The molecule has 1 aromatic heterocycles. The summed E-state index contributed by atoms with van der Waals surface area (Å²) in [6.07, 6.45) is 1.53. The molecule has 0 spiro atoms. The zero-order valence-corrected chi connectivity index (χ0v) is 15.9. The van der Waals surface area contributed by atoms with E-state index in [0.717, 1.165) is 11.3 Å². The Morgan fingerprint density at radius 2 is 2.08 bits per heavy atom. The number of nitrogens with zero attached hydrogens (tertiary/aromatic N) is 4. The number of carbonyl (C=O) groups is 2. The van der Waals surface area contributed by atoms with Crippen molar-refractivity contribution >= 4 is 23.5 Å². The second-order valence-corrected chi connectivity index (χ2v) is 7.30. The highest BCUT2D eigenvalue weighted by atomic mass is 35.5. The van der Waals surface area contributed by atoms with Crippen LogP contribution in [0.25, 0.3) is 5.69 Å². The van der Waals surface area contributed by atoms with Crippen LogP contribution in [0.2, 0.25) is 5.02 Å². The molecule has 0 fully saturated rings. The number of amides is 1. The lowest BCUT2D eigenvalue weighted by atomic mass is 10.0. The number of carbonyl (C=O) groups excluding carboxylic acids is 2. The predicted molar refractivity (Wildman–Crippen MR) is 96.3 cm³/mol. The molecule has 0 unspecified atom stereocenters. The second-order valence-electron chi connectivity index (χ2n) is 6.86. The lowest BCUT2D eigenvalue weighted by molar-refractivity contribution is -0.120. The zero-order valence-electron chi connectivity index (χ0n) is 15.2. The molecule has 1 atom stereocenters. The number of Topliss-reactive ketones (excluding diaryl/α,β-unsaturated/α-hetero) is 1. The molecule has 1 aromatic carbocycles. The van der Waals surface area contributed by atoms with Gasteiger partial charge in [0.25, 0.3) is 0 Å². The molecule has 1 N–H and O–H groups in total. The highest BCUT2D eigenvalue weighted by Gasteiger charge is 2.21. The minimum absolute atomic E-state index is 0.112. The van der Waals surface area contributed by atoms with Crippen molar-refractivity contribution in [1.29, 1.82) is 0 Å².